The third kappa shape index (κ3) is 2.97. The lowest BCUT2D eigenvalue weighted by Crippen LogP contribution is -2.52. The molecule has 1 amide bonds. The van der Waals surface area contributed by atoms with E-state index >= 15 is 0 Å². The average molecular weight is 241 g/mol. The number of hydrogen-bond acceptors (Lipinski definition) is 3. The molecule has 0 aromatic carbocycles. The summed E-state index contributed by atoms with van der Waals surface area (Å²) in [5.74, 6) is -0.449. The van der Waals surface area contributed by atoms with Crippen LogP contribution in [0.4, 0.5) is 0 Å². The Balaban J connectivity index is 1.96. The van der Waals surface area contributed by atoms with Crippen LogP contribution in [-0.2, 0) is 14.3 Å². The molecule has 0 bridgehead atoms. The van der Waals surface area contributed by atoms with Gasteiger partial charge in [-0.2, -0.15) is 0 Å². The Kier molecular flexibility index (Phi) is 3.38. The van der Waals surface area contributed by atoms with Crippen molar-refractivity contribution >= 4 is 11.9 Å². The van der Waals surface area contributed by atoms with Crippen molar-refractivity contribution in [2.24, 2.45) is 11.8 Å². The van der Waals surface area contributed by atoms with E-state index < -0.39 is 11.5 Å². The van der Waals surface area contributed by atoms with Gasteiger partial charge in [-0.15, -0.1) is 0 Å². The van der Waals surface area contributed by atoms with Crippen LogP contribution in [0.2, 0.25) is 0 Å². The smallest absolute Gasteiger partial charge is 0.305 e. The molecule has 1 saturated carbocycles. The second kappa shape index (κ2) is 4.64. The molecular weight excluding hydrogens is 222 g/mol. The van der Waals surface area contributed by atoms with Gasteiger partial charge in [-0.1, -0.05) is 6.92 Å². The van der Waals surface area contributed by atoms with Crippen LogP contribution in [-0.4, -0.2) is 35.7 Å². The second-order valence-electron chi connectivity index (χ2n) is 5.27. The number of carboxylic acid groups (broad SMARTS) is 1. The van der Waals surface area contributed by atoms with Crippen molar-refractivity contribution < 1.29 is 19.4 Å². The Hall–Kier alpha value is -1.10. The predicted octanol–water partition coefficient (Wildman–Crippen LogP) is 0.782. The molecular formula is C12H19NO4. The van der Waals surface area contributed by atoms with Crippen molar-refractivity contribution in [3.63, 3.8) is 0 Å². The number of carbonyl (C=O) groups is 2. The van der Waals surface area contributed by atoms with Crippen LogP contribution >= 0.6 is 0 Å². The van der Waals surface area contributed by atoms with Crippen LogP contribution in [0.25, 0.3) is 0 Å². The minimum atomic E-state index is -0.894. The molecule has 1 saturated heterocycles. The van der Waals surface area contributed by atoms with E-state index in [0.29, 0.717) is 25.6 Å². The zero-order valence-electron chi connectivity index (χ0n) is 10.1. The fraction of sp³-hybridized carbons (Fsp3) is 0.833. The van der Waals surface area contributed by atoms with Crippen LogP contribution in [0.1, 0.15) is 32.6 Å². The van der Waals surface area contributed by atoms with E-state index in [0.717, 1.165) is 12.8 Å². The van der Waals surface area contributed by atoms with E-state index in [1.807, 2.05) is 6.92 Å². The maximum absolute atomic E-state index is 12.0. The highest BCUT2D eigenvalue weighted by atomic mass is 16.5. The van der Waals surface area contributed by atoms with Crippen LogP contribution < -0.4 is 5.32 Å². The molecule has 5 heteroatoms. The van der Waals surface area contributed by atoms with Gasteiger partial charge in [0.2, 0.25) is 5.91 Å². The first-order valence-corrected chi connectivity index (χ1v) is 6.14. The topological polar surface area (TPSA) is 75.6 Å². The summed E-state index contributed by atoms with van der Waals surface area (Å²) >= 11 is 0. The number of nitrogens with one attached hydrogen (secondary N) is 1. The summed E-state index contributed by atoms with van der Waals surface area (Å²) in [6.45, 7) is 2.74. The Morgan fingerprint density at radius 2 is 2.24 bits per heavy atom. The maximum Gasteiger partial charge on any atom is 0.305 e. The standard InChI is InChI=1S/C12H19NO4/c1-8(9-2-3-9)11(16)13-12(6-10(14)15)4-5-17-7-12/h8-9H,2-7H2,1H3,(H,13,16)(H,14,15). The first-order valence-electron chi connectivity index (χ1n) is 6.14. The highest BCUT2D eigenvalue weighted by molar-refractivity contribution is 5.81. The fourth-order valence-corrected chi connectivity index (χ4v) is 2.36. The summed E-state index contributed by atoms with van der Waals surface area (Å²) in [7, 11) is 0. The SMILES string of the molecule is CC(C(=O)NC1(CC(=O)O)CCOC1)C1CC1. The van der Waals surface area contributed by atoms with Crippen LogP contribution in [0.5, 0.6) is 0 Å². The van der Waals surface area contributed by atoms with Crippen molar-refractivity contribution in [2.45, 2.75) is 38.1 Å². The van der Waals surface area contributed by atoms with E-state index in [4.69, 9.17) is 9.84 Å². The average Bonchev–Trinajstić information content (AvgIpc) is 3.00. The van der Waals surface area contributed by atoms with Gasteiger partial charge in [0, 0.05) is 12.5 Å². The van der Waals surface area contributed by atoms with E-state index in [9.17, 15) is 9.59 Å². The molecule has 2 N–H and O–H groups in total. The molecule has 0 spiro atoms. The Bertz CT molecular complexity index is 318. The first-order chi connectivity index (χ1) is 8.02. The van der Waals surface area contributed by atoms with Crippen LogP contribution in [0.15, 0.2) is 0 Å². The zero-order chi connectivity index (χ0) is 12.5. The van der Waals surface area contributed by atoms with Crippen LogP contribution in [0, 0.1) is 11.8 Å². The van der Waals surface area contributed by atoms with Gasteiger partial charge in [0.15, 0.2) is 0 Å². The van der Waals surface area contributed by atoms with Gasteiger partial charge < -0.3 is 15.2 Å². The molecule has 0 aromatic heterocycles. The molecule has 1 aliphatic carbocycles. The van der Waals surface area contributed by atoms with Gasteiger partial charge in [0.1, 0.15) is 0 Å². The second-order valence-corrected chi connectivity index (χ2v) is 5.27. The highest BCUT2D eigenvalue weighted by Crippen LogP contribution is 2.37. The number of carbonyl (C=O) groups excluding carboxylic acids is 1. The number of amides is 1. The van der Waals surface area contributed by atoms with E-state index in [1.165, 1.54) is 0 Å². The number of rotatable bonds is 5. The number of ether oxygens (including phenoxy) is 1. The van der Waals surface area contributed by atoms with Gasteiger partial charge in [-0.05, 0) is 25.2 Å². The molecule has 1 aliphatic heterocycles. The predicted molar refractivity (Wildman–Crippen MR) is 60.5 cm³/mol. The first kappa shape index (κ1) is 12.4. The van der Waals surface area contributed by atoms with Gasteiger partial charge in [0.25, 0.3) is 0 Å². The molecule has 2 atom stereocenters. The van der Waals surface area contributed by atoms with Gasteiger partial charge in [-0.25, -0.2) is 0 Å². The fourth-order valence-electron chi connectivity index (χ4n) is 2.36. The lowest BCUT2D eigenvalue weighted by Gasteiger charge is -2.28. The molecule has 2 rings (SSSR count). The van der Waals surface area contributed by atoms with Gasteiger partial charge in [-0.3, -0.25) is 9.59 Å². The molecule has 2 unspecified atom stereocenters. The van der Waals surface area contributed by atoms with Crippen molar-refractivity contribution in [2.75, 3.05) is 13.2 Å². The quantitative estimate of drug-likeness (QED) is 0.746. The maximum atomic E-state index is 12.0. The molecule has 17 heavy (non-hydrogen) atoms. The minimum Gasteiger partial charge on any atom is -0.481 e. The summed E-state index contributed by atoms with van der Waals surface area (Å²) < 4.78 is 5.24. The van der Waals surface area contributed by atoms with E-state index in [1.54, 1.807) is 0 Å². The lowest BCUT2D eigenvalue weighted by molar-refractivity contribution is -0.139. The number of carboxylic acids is 1. The van der Waals surface area contributed by atoms with E-state index in [-0.39, 0.29) is 18.2 Å². The number of hydrogen-bond donors (Lipinski definition) is 2. The van der Waals surface area contributed by atoms with Crippen molar-refractivity contribution in [3.8, 4) is 0 Å². The summed E-state index contributed by atoms with van der Waals surface area (Å²) in [5, 5.41) is 11.8. The van der Waals surface area contributed by atoms with Crippen molar-refractivity contribution in [3.05, 3.63) is 0 Å². The minimum absolute atomic E-state index is 0.0127. The van der Waals surface area contributed by atoms with Crippen molar-refractivity contribution in [1.82, 2.24) is 5.32 Å². The summed E-state index contributed by atoms with van der Waals surface area (Å²) in [5.41, 5.74) is -0.688. The highest BCUT2D eigenvalue weighted by Gasteiger charge is 2.41. The Morgan fingerprint density at radius 1 is 1.53 bits per heavy atom. The third-order valence-corrected chi connectivity index (χ3v) is 3.72. The lowest BCUT2D eigenvalue weighted by atomic mass is 9.92. The normalized spacial score (nSPS) is 29.9. The molecule has 0 aromatic rings. The van der Waals surface area contributed by atoms with E-state index in [2.05, 4.69) is 5.32 Å². The Labute approximate surface area is 101 Å². The summed E-state index contributed by atoms with van der Waals surface area (Å²) in [6.07, 6.45) is 2.74. The molecule has 1 heterocycles. The molecule has 2 fully saturated rings. The van der Waals surface area contributed by atoms with Gasteiger partial charge >= 0.3 is 5.97 Å². The van der Waals surface area contributed by atoms with Gasteiger partial charge in [0.05, 0.1) is 18.6 Å². The number of aliphatic carboxylic acids is 1. The zero-order valence-corrected chi connectivity index (χ0v) is 10.1. The molecule has 96 valence electrons. The largest absolute Gasteiger partial charge is 0.481 e. The van der Waals surface area contributed by atoms with Crippen LogP contribution in [0.3, 0.4) is 0 Å². The summed E-state index contributed by atoms with van der Waals surface area (Å²) in [4.78, 5) is 22.9. The molecule has 5 nitrogen and oxygen atoms in total. The Morgan fingerprint density at radius 3 is 2.71 bits per heavy atom. The third-order valence-electron chi connectivity index (χ3n) is 3.72. The summed E-state index contributed by atoms with van der Waals surface area (Å²) in [6, 6.07) is 0. The molecule has 2 aliphatic rings. The molecule has 0 radical (unpaired) electrons. The monoisotopic (exact) mass is 241 g/mol. The van der Waals surface area contributed by atoms with Crippen molar-refractivity contribution in [1.29, 1.82) is 0 Å².